The van der Waals surface area contributed by atoms with Crippen molar-refractivity contribution in [3.05, 3.63) is 48.0 Å². The summed E-state index contributed by atoms with van der Waals surface area (Å²) in [5.41, 5.74) is 0.737. The van der Waals surface area contributed by atoms with Gasteiger partial charge in [0.15, 0.2) is 0 Å². The van der Waals surface area contributed by atoms with Gasteiger partial charge in [-0.05, 0) is 54.8 Å². The summed E-state index contributed by atoms with van der Waals surface area (Å²) in [5.74, 6) is -0.0412. The maximum atomic E-state index is 11.7. The van der Waals surface area contributed by atoms with Gasteiger partial charge in [0.25, 0.3) is 0 Å². The van der Waals surface area contributed by atoms with Crippen LogP contribution in [0.5, 0.6) is 11.5 Å². The van der Waals surface area contributed by atoms with E-state index in [1.807, 2.05) is 0 Å². The Morgan fingerprint density at radius 3 is 1.79 bits per heavy atom. The standard InChI is InChI=1S/C22H30O7S2.2Na/c1-2-3-4-5-6-7-8-9-10-18-11-16-21(22(17-18)31(26,27)28)29-19-12-14-20(15-13-19)30(23,24)25;;/h11-17H,2-10H2,1H3,(H,23,24,25)(H,26,27,28);;/q;2*+1/p-2. The Hall–Kier alpha value is 0.0600. The Bertz CT molecular complexity index is 1050. The van der Waals surface area contributed by atoms with Crippen LogP contribution in [0.15, 0.2) is 52.3 Å². The van der Waals surface area contributed by atoms with E-state index in [9.17, 15) is 25.9 Å². The van der Waals surface area contributed by atoms with Gasteiger partial charge in [-0.15, -0.1) is 0 Å². The molecule has 0 aliphatic carbocycles. The van der Waals surface area contributed by atoms with Crippen molar-refractivity contribution in [3.8, 4) is 11.5 Å². The van der Waals surface area contributed by atoms with Gasteiger partial charge in [0.2, 0.25) is 0 Å². The molecule has 0 radical (unpaired) electrons. The van der Waals surface area contributed by atoms with Gasteiger partial charge in [-0.1, -0.05) is 57.9 Å². The maximum Gasteiger partial charge on any atom is 1.00 e. The number of unbranched alkanes of at least 4 members (excludes halogenated alkanes) is 7. The fourth-order valence-corrected chi connectivity index (χ4v) is 4.37. The van der Waals surface area contributed by atoms with E-state index >= 15 is 0 Å². The molecule has 0 aliphatic heterocycles. The van der Waals surface area contributed by atoms with Crippen molar-refractivity contribution >= 4 is 20.2 Å². The third-order valence-corrected chi connectivity index (χ3v) is 6.64. The number of hydrogen-bond acceptors (Lipinski definition) is 7. The minimum absolute atomic E-state index is 0. The van der Waals surface area contributed by atoms with Gasteiger partial charge in [-0.25, -0.2) is 16.8 Å². The average Bonchev–Trinajstić information content (AvgIpc) is 2.70. The minimum Gasteiger partial charge on any atom is -0.744 e. The zero-order valence-corrected chi connectivity index (χ0v) is 25.2. The van der Waals surface area contributed by atoms with Crippen molar-refractivity contribution in [2.75, 3.05) is 0 Å². The molecular weight excluding hydrogens is 486 g/mol. The van der Waals surface area contributed by atoms with Crippen molar-refractivity contribution in [1.82, 2.24) is 0 Å². The van der Waals surface area contributed by atoms with Crippen LogP contribution < -0.4 is 63.9 Å². The number of rotatable bonds is 13. The Morgan fingerprint density at radius 2 is 1.27 bits per heavy atom. The molecule has 2 rings (SSSR count). The third kappa shape index (κ3) is 12.0. The summed E-state index contributed by atoms with van der Waals surface area (Å²) in [5, 5.41) is 0. The first-order valence-corrected chi connectivity index (χ1v) is 13.3. The van der Waals surface area contributed by atoms with Crippen LogP contribution in [0, 0.1) is 0 Å². The van der Waals surface area contributed by atoms with Crippen LogP contribution >= 0.6 is 0 Å². The molecule has 2 aromatic carbocycles. The molecule has 11 heteroatoms. The van der Waals surface area contributed by atoms with Crippen molar-refractivity contribution < 1.29 is 89.8 Å². The second-order valence-corrected chi connectivity index (χ2v) is 10.2. The molecule has 0 amide bonds. The molecule has 172 valence electrons. The number of hydrogen-bond donors (Lipinski definition) is 0. The van der Waals surface area contributed by atoms with Gasteiger partial charge in [-0.3, -0.25) is 0 Å². The SMILES string of the molecule is CCCCCCCCCCc1ccc(Oc2ccc(S(=O)(=O)[O-])cc2)c(S(=O)(=O)[O-])c1.[Na+].[Na+]. The van der Waals surface area contributed by atoms with Gasteiger partial charge >= 0.3 is 59.1 Å². The summed E-state index contributed by atoms with van der Waals surface area (Å²) < 4.78 is 73.6. The molecule has 0 N–H and O–H groups in total. The summed E-state index contributed by atoms with van der Waals surface area (Å²) in [4.78, 5) is -0.901. The molecule has 0 atom stereocenters. The molecule has 0 saturated carbocycles. The topological polar surface area (TPSA) is 124 Å². The molecule has 0 aliphatic rings. The Kier molecular flexibility index (Phi) is 16.0. The van der Waals surface area contributed by atoms with Crippen LogP contribution in [0.2, 0.25) is 0 Å². The summed E-state index contributed by atoms with van der Waals surface area (Å²) in [6.45, 7) is 2.18. The predicted octanol–water partition coefficient (Wildman–Crippen LogP) is -1.02. The van der Waals surface area contributed by atoms with E-state index in [1.165, 1.54) is 56.4 Å². The molecule has 33 heavy (non-hydrogen) atoms. The first kappa shape index (κ1) is 33.1. The van der Waals surface area contributed by atoms with Crippen molar-refractivity contribution in [3.63, 3.8) is 0 Å². The Balaban J connectivity index is 0.00000512. The van der Waals surface area contributed by atoms with E-state index in [1.54, 1.807) is 6.07 Å². The number of benzene rings is 2. The monoisotopic (exact) mass is 514 g/mol. The normalized spacial score (nSPS) is 11.4. The van der Waals surface area contributed by atoms with E-state index in [0.717, 1.165) is 37.0 Å². The van der Waals surface area contributed by atoms with E-state index < -0.39 is 30.0 Å². The molecule has 0 spiro atoms. The molecular formula is C22H28Na2O7S2. The molecule has 0 fully saturated rings. The maximum absolute atomic E-state index is 11.7. The second kappa shape index (κ2) is 15.9. The van der Waals surface area contributed by atoms with Gasteiger partial charge in [-0.2, -0.15) is 0 Å². The van der Waals surface area contributed by atoms with Crippen LogP contribution in [-0.4, -0.2) is 25.9 Å². The zero-order valence-electron chi connectivity index (χ0n) is 19.6. The van der Waals surface area contributed by atoms with Crippen molar-refractivity contribution in [2.24, 2.45) is 0 Å². The van der Waals surface area contributed by atoms with Crippen LogP contribution in [0.1, 0.15) is 63.9 Å². The molecule has 0 heterocycles. The smallest absolute Gasteiger partial charge is 0.744 e. The molecule has 0 unspecified atom stereocenters. The summed E-state index contributed by atoms with van der Waals surface area (Å²) in [6.07, 6.45) is 9.91. The van der Waals surface area contributed by atoms with E-state index in [-0.39, 0.29) is 70.6 Å². The molecule has 0 bridgehead atoms. The predicted molar refractivity (Wildman–Crippen MR) is 115 cm³/mol. The molecule has 2 aromatic rings. The minimum atomic E-state index is -4.78. The van der Waals surface area contributed by atoms with Crippen LogP contribution in [0.4, 0.5) is 0 Å². The van der Waals surface area contributed by atoms with Crippen molar-refractivity contribution in [2.45, 2.75) is 74.5 Å². The Labute approximate surface area is 241 Å². The number of aryl methyl sites for hydroxylation is 1. The summed E-state index contributed by atoms with van der Waals surface area (Å²) in [7, 11) is -9.38. The first-order chi connectivity index (χ1) is 14.6. The quantitative estimate of drug-likeness (QED) is 0.190. The van der Waals surface area contributed by atoms with Crippen LogP contribution in [-0.2, 0) is 26.7 Å². The van der Waals surface area contributed by atoms with Gasteiger partial charge in [0.1, 0.15) is 31.7 Å². The van der Waals surface area contributed by atoms with Gasteiger partial charge < -0.3 is 13.8 Å². The molecule has 7 nitrogen and oxygen atoms in total. The fourth-order valence-electron chi connectivity index (χ4n) is 3.25. The fraction of sp³-hybridized carbons (Fsp3) is 0.455. The van der Waals surface area contributed by atoms with E-state index in [4.69, 9.17) is 4.74 Å². The molecule has 0 aromatic heterocycles. The number of ether oxygens (including phenoxy) is 1. The Morgan fingerprint density at radius 1 is 0.727 bits per heavy atom. The summed E-state index contributed by atoms with van der Waals surface area (Å²) in [6, 6.07) is 9.01. The van der Waals surface area contributed by atoms with Gasteiger partial charge in [0.05, 0.1) is 9.79 Å². The van der Waals surface area contributed by atoms with Gasteiger partial charge in [0, 0.05) is 0 Å². The van der Waals surface area contributed by atoms with Crippen LogP contribution in [0.3, 0.4) is 0 Å². The van der Waals surface area contributed by atoms with Crippen molar-refractivity contribution in [1.29, 1.82) is 0 Å². The van der Waals surface area contributed by atoms with Crippen LogP contribution in [0.25, 0.3) is 0 Å². The average molecular weight is 515 g/mol. The molecule has 0 saturated heterocycles. The third-order valence-electron chi connectivity index (χ3n) is 4.94. The summed E-state index contributed by atoms with van der Waals surface area (Å²) >= 11 is 0. The van der Waals surface area contributed by atoms with E-state index in [2.05, 4.69) is 6.92 Å². The zero-order chi connectivity index (χ0) is 22.9. The first-order valence-electron chi connectivity index (χ1n) is 10.4. The van der Waals surface area contributed by atoms with E-state index in [0.29, 0.717) is 6.42 Å². The largest absolute Gasteiger partial charge is 1.00 e. The second-order valence-electron chi connectivity index (χ2n) is 7.49.